The first kappa shape index (κ1) is 14.3. The van der Waals surface area contributed by atoms with Crippen molar-refractivity contribution in [3.63, 3.8) is 0 Å². The van der Waals surface area contributed by atoms with Gasteiger partial charge in [-0.2, -0.15) is 0 Å². The molecule has 0 bridgehead atoms. The van der Waals surface area contributed by atoms with E-state index >= 15 is 0 Å². The van der Waals surface area contributed by atoms with E-state index in [-0.39, 0.29) is 6.42 Å². The van der Waals surface area contributed by atoms with Crippen LogP contribution in [0.4, 0.5) is 0 Å². The fourth-order valence-electron chi connectivity index (χ4n) is 2.05. The van der Waals surface area contributed by atoms with Crippen LogP contribution in [0.15, 0.2) is 12.1 Å². The quantitative estimate of drug-likeness (QED) is 0.807. The number of rotatable bonds is 6. The van der Waals surface area contributed by atoms with Crippen molar-refractivity contribution in [1.29, 1.82) is 0 Å². The molecule has 100 valence electrons. The predicted octanol–water partition coefficient (Wildman–Crippen LogP) is 1.74. The topological polar surface area (TPSA) is 81.8 Å². The summed E-state index contributed by atoms with van der Waals surface area (Å²) >= 11 is 0. The van der Waals surface area contributed by atoms with E-state index < -0.39 is 12.0 Å². The summed E-state index contributed by atoms with van der Waals surface area (Å²) < 4.78 is 10.5. The average Bonchev–Trinajstić information content (AvgIpc) is 2.35. The second kappa shape index (κ2) is 6.26. The van der Waals surface area contributed by atoms with Crippen LogP contribution in [0.1, 0.15) is 30.5 Å². The van der Waals surface area contributed by atoms with Crippen molar-refractivity contribution in [3.8, 4) is 11.5 Å². The number of carbonyl (C=O) groups is 1. The Morgan fingerprint density at radius 1 is 1.33 bits per heavy atom. The molecule has 1 atom stereocenters. The lowest BCUT2D eigenvalue weighted by molar-refractivity contribution is -0.137. The standard InChI is InChI=1S/C13H19NO4/c1-4-8-10(17-2)5-6-11(18-3)13(8)9(14)7-12(15)16/h5-6,9H,4,7,14H2,1-3H3,(H,15,16). The first-order chi connectivity index (χ1) is 8.54. The number of carboxylic acid groups (broad SMARTS) is 1. The molecule has 0 aliphatic heterocycles. The Hall–Kier alpha value is -1.75. The highest BCUT2D eigenvalue weighted by Gasteiger charge is 2.21. The number of aliphatic carboxylic acids is 1. The summed E-state index contributed by atoms with van der Waals surface area (Å²) in [6.45, 7) is 1.97. The van der Waals surface area contributed by atoms with E-state index in [0.29, 0.717) is 23.5 Å². The molecule has 1 aromatic carbocycles. The number of ether oxygens (including phenoxy) is 2. The summed E-state index contributed by atoms with van der Waals surface area (Å²) in [5, 5.41) is 8.85. The molecule has 0 fully saturated rings. The second-order valence-electron chi connectivity index (χ2n) is 3.92. The van der Waals surface area contributed by atoms with Gasteiger partial charge in [0.25, 0.3) is 0 Å². The molecule has 0 saturated heterocycles. The number of nitrogens with two attached hydrogens (primary N) is 1. The molecule has 0 aromatic heterocycles. The van der Waals surface area contributed by atoms with Crippen molar-refractivity contribution in [2.24, 2.45) is 5.73 Å². The average molecular weight is 253 g/mol. The number of carboxylic acids is 1. The predicted molar refractivity (Wildman–Crippen MR) is 68.1 cm³/mol. The molecule has 3 N–H and O–H groups in total. The van der Waals surface area contributed by atoms with E-state index in [1.54, 1.807) is 19.2 Å². The van der Waals surface area contributed by atoms with E-state index in [4.69, 9.17) is 20.3 Å². The molecule has 0 heterocycles. The van der Waals surface area contributed by atoms with Gasteiger partial charge in [0, 0.05) is 17.2 Å². The lowest BCUT2D eigenvalue weighted by Crippen LogP contribution is -2.18. The van der Waals surface area contributed by atoms with Crippen molar-refractivity contribution in [3.05, 3.63) is 23.3 Å². The van der Waals surface area contributed by atoms with Crippen LogP contribution in [0.25, 0.3) is 0 Å². The van der Waals surface area contributed by atoms with E-state index in [1.165, 1.54) is 7.11 Å². The molecule has 1 rings (SSSR count). The lowest BCUT2D eigenvalue weighted by atomic mass is 9.95. The molecule has 18 heavy (non-hydrogen) atoms. The summed E-state index contributed by atoms with van der Waals surface area (Å²) in [6.07, 6.45) is 0.555. The molecule has 0 radical (unpaired) electrons. The molecule has 0 aliphatic rings. The number of benzene rings is 1. The van der Waals surface area contributed by atoms with Crippen LogP contribution < -0.4 is 15.2 Å². The maximum Gasteiger partial charge on any atom is 0.305 e. The SMILES string of the molecule is CCc1c(OC)ccc(OC)c1C(N)CC(=O)O. The van der Waals surface area contributed by atoms with Gasteiger partial charge in [0.1, 0.15) is 11.5 Å². The number of hydrogen-bond donors (Lipinski definition) is 2. The van der Waals surface area contributed by atoms with Gasteiger partial charge in [0.2, 0.25) is 0 Å². The Morgan fingerprint density at radius 2 is 1.89 bits per heavy atom. The molecule has 0 aliphatic carbocycles. The van der Waals surface area contributed by atoms with E-state index in [0.717, 1.165) is 5.56 Å². The van der Waals surface area contributed by atoms with E-state index in [9.17, 15) is 4.79 Å². The molecular weight excluding hydrogens is 234 g/mol. The second-order valence-corrected chi connectivity index (χ2v) is 3.92. The molecule has 5 heteroatoms. The van der Waals surface area contributed by atoms with Crippen molar-refractivity contribution in [1.82, 2.24) is 0 Å². The largest absolute Gasteiger partial charge is 0.496 e. The molecule has 0 amide bonds. The Morgan fingerprint density at radius 3 is 2.33 bits per heavy atom. The Labute approximate surface area is 107 Å². The smallest absolute Gasteiger partial charge is 0.305 e. The van der Waals surface area contributed by atoms with Crippen molar-refractivity contribution in [2.75, 3.05) is 14.2 Å². The first-order valence-electron chi connectivity index (χ1n) is 5.76. The maximum atomic E-state index is 10.8. The third-order valence-corrected chi connectivity index (χ3v) is 2.83. The highest BCUT2D eigenvalue weighted by molar-refractivity contribution is 5.68. The highest BCUT2D eigenvalue weighted by atomic mass is 16.5. The van der Waals surface area contributed by atoms with Crippen LogP contribution >= 0.6 is 0 Å². The van der Waals surface area contributed by atoms with E-state index in [2.05, 4.69) is 0 Å². The van der Waals surface area contributed by atoms with Gasteiger partial charge < -0.3 is 20.3 Å². The zero-order valence-electron chi connectivity index (χ0n) is 10.9. The molecule has 0 saturated carbocycles. The minimum atomic E-state index is -0.936. The Bertz CT molecular complexity index is 431. The Balaban J connectivity index is 3.31. The fraction of sp³-hybridized carbons (Fsp3) is 0.462. The van der Waals surface area contributed by atoms with Crippen LogP contribution in [-0.4, -0.2) is 25.3 Å². The Kier molecular flexibility index (Phi) is 4.97. The summed E-state index contributed by atoms with van der Waals surface area (Å²) in [6, 6.07) is 2.94. The van der Waals surface area contributed by atoms with Crippen LogP contribution in [0.2, 0.25) is 0 Å². The lowest BCUT2D eigenvalue weighted by Gasteiger charge is -2.20. The maximum absolute atomic E-state index is 10.8. The zero-order valence-corrected chi connectivity index (χ0v) is 10.9. The van der Waals surface area contributed by atoms with Crippen LogP contribution in [0.3, 0.4) is 0 Å². The third kappa shape index (κ3) is 2.92. The van der Waals surface area contributed by atoms with Gasteiger partial charge in [-0.15, -0.1) is 0 Å². The van der Waals surface area contributed by atoms with Gasteiger partial charge in [-0.3, -0.25) is 4.79 Å². The number of hydrogen-bond acceptors (Lipinski definition) is 4. The summed E-state index contributed by atoms with van der Waals surface area (Å²) in [7, 11) is 3.12. The first-order valence-corrected chi connectivity index (χ1v) is 5.76. The van der Waals surface area contributed by atoms with Gasteiger partial charge in [-0.25, -0.2) is 0 Å². The van der Waals surface area contributed by atoms with Crippen LogP contribution in [0, 0.1) is 0 Å². The normalized spacial score (nSPS) is 12.0. The molecule has 1 unspecified atom stereocenters. The monoisotopic (exact) mass is 253 g/mol. The molecular formula is C13H19NO4. The van der Waals surface area contributed by atoms with Gasteiger partial charge in [-0.1, -0.05) is 6.92 Å². The van der Waals surface area contributed by atoms with Crippen LogP contribution in [-0.2, 0) is 11.2 Å². The zero-order chi connectivity index (χ0) is 13.7. The van der Waals surface area contributed by atoms with E-state index in [1.807, 2.05) is 6.92 Å². The summed E-state index contributed by atoms with van der Waals surface area (Å²) in [5.41, 5.74) is 7.56. The van der Waals surface area contributed by atoms with Gasteiger partial charge >= 0.3 is 5.97 Å². The van der Waals surface area contributed by atoms with Gasteiger partial charge in [0.15, 0.2) is 0 Å². The fourth-order valence-corrected chi connectivity index (χ4v) is 2.05. The highest BCUT2D eigenvalue weighted by Crippen LogP contribution is 2.35. The van der Waals surface area contributed by atoms with Gasteiger partial charge in [-0.05, 0) is 18.6 Å². The van der Waals surface area contributed by atoms with Crippen molar-refractivity contribution < 1.29 is 19.4 Å². The summed E-state index contributed by atoms with van der Waals surface area (Å²) in [4.78, 5) is 10.8. The van der Waals surface area contributed by atoms with Gasteiger partial charge in [0.05, 0.1) is 20.6 Å². The minimum Gasteiger partial charge on any atom is -0.496 e. The summed E-state index contributed by atoms with van der Waals surface area (Å²) in [5.74, 6) is 0.366. The molecule has 1 aromatic rings. The van der Waals surface area contributed by atoms with Crippen LogP contribution in [0.5, 0.6) is 11.5 Å². The minimum absolute atomic E-state index is 0.142. The number of methoxy groups -OCH3 is 2. The van der Waals surface area contributed by atoms with Crippen molar-refractivity contribution in [2.45, 2.75) is 25.8 Å². The molecule has 0 spiro atoms. The third-order valence-electron chi connectivity index (χ3n) is 2.83. The van der Waals surface area contributed by atoms with Crippen molar-refractivity contribution >= 4 is 5.97 Å². The molecule has 5 nitrogen and oxygen atoms in total.